The number of allylic oxidation sites excluding steroid dienone is 1. The first-order valence-electron chi connectivity index (χ1n) is 3.15. The lowest BCUT2D eigenvalue weighted by Crippen LogP contribution is -2.05. The maximum atomic E-state index is 10.8. The fourth-order valence-electron chi connectivity index (χ4n) is 0.496. The number of hydrogen-bond acceptors (Lipinski definition) is 3. The monoisotopic (exact) mass is 153 g/mol. The van der Waals surface area contributed by atoms with Crippen molar-refractivity contribution in [2.45, 2.75) is 6.92 Å². The Kier molecular flexibility index (Phi) is 4.73. The lowest BCUT2D eigenvalue weighted by atomic mass is 10.3. The van der Waals surface area contributed by atoms with Gasteiger partial charge >= 0.3 is 5.97 Å². The molecular weight excluding hydrogens is 142 g/mol. The van der Waals surface area contributed by atoms with Gasteiger partial charge in [-0.05, 0) is 6.92 Å². The second-order valence-electron chi connectivity index (χ2n) is 1.70. The zero-order valence-electron chi connectivity index (χ0n) is 6.70. The average molecular weight is 153 g/mol. The molecule has 0 aliphatic rings. The molecule has 0 aliphatic heterocycles. The van der Waals surface area contributed by atoms with Crippen LogP contribution >= 0.6 is 0 Å². The molecule has 0 radical (unpaired) electrons. The van der Waals surface area contributed by atoms with Gasteiger partial charge in [-0.2, -0.15) is 0 Å². The van der Waals surface area contributed by atoms with E-state index in [0.717, 1.165) is 0 Å². The molecule has 0 N–H and O–H groups in total. The fraction of sp³-hybridized carbons (Fsp3) is 0.250. The molecule has 0 spiro atoms. The normalized spacial score (nSPS) is 11.6. The van der Waals surface area contributed by atoms with E-state index in [2.05, 4.69) is 16.3 Å². The van der Waals surface area contributed by atoms with Crippen molar-refractivity contribution < 1.29 is 9.53 Å². The third-order valence-corrected chi connectivity index (χ3v) is 1.05. The van der Waals surface area contributed by atoms with Gasteiger partial charge in [0.25, 0.3) is 0 Å². The summed E-state index contributed by atoms with van der Waals surface area (Å²) in [4.78, 5) is 14.5. The summed E-state index contributed by atoms with van der Waals surface area (Å²) in [5.74, 6) is -0.391. The lowest BCUT2D eigenvalue weighted by molar-refractivity contribution is -0.135. The Morgan fingerprint density at radius 3 is 2.64 bits per heavy atom. The molecule has 0 aliphatic carbocycles. The van der Waals surface area contributed by atoms with Gasteiger partial charge in [-0.3, -0.25) is 4.99 Å². The van der Waals surface area contributed by atoms with Crippen LogP contribution in [0, 0.1) is 0 Å². The molecule has 0 fully saturated rings. The van der Waals surface area contributed by atoms with Crippen LogP contribution in [0.15, 0.2) is 29.4 Å². The number of nitrogens with zero attached hydrogens (tertiary/aromatic N) is 1. The summed E-state index contributed by atoms with van der Waals surface area (Å²) in [6.07, 6.45) is 4.38. The minimum Gasteiger partial charge on any atom is -0.465 e. The smallest absolute Gasteiger partial charge is 0.339 e. The highest BCUT2D eigenvalue weighted by Gasteiger charge is 2.03. The molecule has 60 valence electrons. The van der Waals surface area contributed by atoms with Gasteiger partial charge in [-0.15, -0.1) is 0 Å². The molecule has 0 saturated heterocycles. The Hall–Kier alpha value is -1.38. The quantitative estimate of drug-likeness (QED) is 0.348. The van der Waals surface area contributed by atoms with Crippen molar-refractivity contribution in [3.05, 3.63) is 24.4 Å². The zero-order chi connectivity index (χ0) is 8.69. The van der Waals surface area contributed by atoms with Gasteiger partial charge < -0.3 is 4.74 Å². The van der Waals surface area contributed by atoms with E-state index in [1.165, 1.54) is 19.5 Å². The van der Waals surface area contributed by atoms with Crippen LogP contribution in [0.5, 0.6) is 0 Å². The minimum absolute atomic E-state index is 0.391. The predicted molar refractivity (Wildman–Crippen MR) is 44.5 cm³/mol. The van der Waals surface area contributed by atoms with Gasteiger partial charge in [-0.25, -0.2) is 4.79 Å². The second kappa shape index (κ2) is 5.41. The van der Waals surface area contributed by atoms with Gasteiger partial charge in [0.05, 0.1) is 12.7 Å². The molecule has 3 heteroatoms. The molecular formula is C8H11NO2. The van der Waals surface area contributed by atoms with Crippen molar-refractivity contribution in [3.8, 4) is 0 Å². The molecule has 0 unspecified atom stereocenters. The fourth-order valence-corrected chi connectivity index (χ4v) is 0.496. The molecule has 0 rings (SSSR count). The average Bonchev–Trinajstić information content (AvgIpc) is 2.05. The second-order valence-corrected chi connectivity index (χ2v) is 1.70. The number of rotatable bonds is 3. The first-order valence-corrected chi connectivity index (χ1v) is 3.15. The SMILES string of the molecule is C=CN=C/C(=C\C)C(=O)OC. The van der Waals surface area contributed by atoms with E-state index in [1.807, 2.05) is 0 Å². The molecule has 0 aromatic carbocycles. The molecule has 0 amide bonds. The van der Waals surface area contributed by atoms with Crippen molar-refractivity contribution in [1.29, 1.82) is 0 Å². The molecule has 0 aromatic heterocycles. The molecule has 0 bridgehead atoms. The largest absolute Gasteiger partial charge is 0.465 e. The maximum absolute atomic E-state index is 10.8. The third-order valence-electron chi connectivity index (χ3n) is 1.05. The van der Waals surface area contributed by atoms with E-state index >= 15 is 0 Å². The standard InChI is InChI=1S/C8H11NO2/c1-4-7(6-9-5-2)8(10)11-3/h4-6H,2H2,1,3H3/b7-4+,9-6?. The Balaban J connectivity index is 4.31. The van der Waals surface area contributed by atoms with Crippen LogP contribution in [0.3, 0.4) is 0 Å². The molecule has 3 nitrogen and oxygen atoms in total. The number of aliphatic imine (C=N–C) groups is 1. The Morgan fingerprint density at radius 2 is 2.27 bits per heavy atom. The molecule has 11 heavy (non-hydrogen) atoms. The first-order chi connectivity index (χ1) is 5.26. The molecule has 0 atom stereocenters. The van der Waals surface area contributed by atoms with Crippen LogP contribution in [0.25, 0.3) is 0 Å². The van der Waals surface area contributed by atoms with Crippen LogP contribution < -0.4 is 0 Å². The summed E-state index contributed by atoms with van der Waals surface area (Å²) in [7, 11) is 1.33. The van der Waals surface area contributed by atoms with E-state index in [4.69, 9.17) is 0 Å². The summed E-state index contributed by atoms with van der Waals surface area (Å²) in [5, 5.41) is 0. The minimum atomic E-state index is -0.391. The van der Waals surface area contributed by atoms with Gasteiger partial charge in [0.15, 0.2) is 0 Å². The van der Waals surface area contributed by atoms with E-state index in [9.17, 15) is 4.79 Å². The van der Waals surface area contributed by atoms with Crippen LogP contribution in [0.2, 0.25) is 0 Å². The molecule has 0 heterocycles. The van der Waals surface area contributed by atoms with Gasteiger partial charge in [0.2, 0.25) is 0 Å². The predicted octanol–water partition coefficient (Wildman–Crippen LogP) is 1.32. The number of methoxy groups -OCH3 is 1. The van der Waals surface area contributed by atoms with Crippen molar-refractivity contribution >= 4 is 12.2 Å². The van der Waals surface area contributed by atoms with Gasteiger partial charge in [0.1, 0.15) is 0 Å². The number of carbonyl (C=O) groups is 1. The summed E-state index contributed by atoms with van der Waals surface area (Å²) >= 11 is 0. The summed E-state index contributed by atoms with van der Waals surface area (Å²) in [6, 6.07) is 0. The number of carbonyl (C=O) groups excluding carboxylic acids is 1. The number of ether oxygens (including phenoxy) is 1. The highest BCUT2D eigenvalue weighted by Crippen LogP contribution is 1.93. The molecule has 0 saturated carbocycles. The maximum Gasteiger partial charge on any atom is 0.339 e. The van der Waals surface area contributed by atoms with Gasteiger partial charge in [0, 0.05) is 12.4 Å². The highest BCUT2D eigenvalue weighted by atomic mass is 16.5. The van der Waals surface area contributed by atoms with Crippen molar-refractivity contribution in [1.82, 2.24) is 0 Å². The van der Waals surface area contributed by atoms with Crippen molar-refractivity contribution in [3.63, 3.8) is 0 Å². The molecule has 0 aromatic rings. The van der Waals surface area contributed by atoms with E-state index in [1.54, 1.807) is 13.0 Å². The van der Waals surface area contributed by atoms with Crippen LogP contribution in [-0.4, -0.2) is 19.3 Å². The van der Waals surface area contributed by atoms with E-state index < -0.39 is 5.97 Å². The van der Waals surface area contributed by atoms with Crippen molar-refractivity contribution in [2.75, 3.05) is 7.11 Å². The summed E-state index contributed by atoms with van der Waals surface area (Å²) in [6.45, 7) is 5.11. The van der Waals surface area contributed by atoms with Crippen LogP contribution in [0.1, 0.15) is 6.92 Å². The Bertz CT molecular complexity index is 204. The highest BCUT2D eigenvalue weighted by molar-refractivity contribution is 6.09. The number of hydrogen-bond donors (Lipinski definition) is 0. The van der Waals surface area contributed by atoms with Crippen LogP contribution in [0.4, 0.5) is 0 Å². The van der Waals surface area contributed by atoms with Gasteiger partial charge in [-0.1, -0.05) is 12.7 Å². The van der Waals surface area contributed by atoms with E-state index in [-0.39, 0.29) is 0 Å². The summed E-state index contributed by atoms with van der Waals surface area (Å²) < 4.78 is 4.47. The lowest BCUT2D eigenvalue weighted by Gasteiger charge is -1.95. The third kappa shape index (κ3) is 3.35. The first kappa shape index (κ1) is 9.62. The number of esters is 1. The summed E-state index contributed by atoms with van der Waals surface area (Å²) in [5.41, 5.74) is 0.424. The Morgan fingerprint density at radius 1 is 1.64 bits per heavy atom. The van der Waals surface area contributed by atoms with Crippen LogP contribution in [-0.2, 0) is 9.53 Å². The Labute approximate surface area is 66.1 Å². The van der Waals surface area contributed by atoms with Crippen molar-refractivity contribution in [2.24, 2.45) is 4.99 Å². The topological polar surface area (TPSA) is 38.7 Å². The van der Waals surface area contributed by atoms with E-state index in [0.29, 0.717) is 5.57 Å². The zero-order valence-corrected chi connectivity index (χ0v) is 6.70.